The molecular weight excluding hydrogens is 381 g/mol. The van der Waals surface area contributed by atoms with E-state index in [-0.39, 0.29) is 11.7 Å². The zero-order valence-electron chi connectivity index (χ0n) is 14.9. The molecule has 1 aliphatic rings. The molecule has 0 radical (unpaired) electrons. The average Bonchev–Trinajstić information content (AvgIpc) is 3.21. The lowest BCUT2D eigenvalue weighted by molar-refractivity contribution is -0.134. The van der Waals surface area contributed by atoms with Gasteiger partial charge in [0.1, 0.15) is 11.1 Å². The van der Waals surface area contributed by atoms with Gasteiger partial charge in [0, 0.05) is 13.1 Å². The molecule has 0 N–H and O–H groups in total. The molecule has 2 aromatic carbocycles. The fraction of sp³-hybridized carbons (Fsp3) is 0.263. The number of amides is 1. The number of tetrazole rings is 1. The van der Waals surface area contributed by atoms with Crippen molar-refractivity contribution in [2.24, 2.45) is 0 Å². The summed E-state index contributed by atoms with van der Waals surface area (Å²) < 4.78 is 20.4. The second-order valence-corrected chi connectivity index (χ2v) is 7.27. The summed E-state index contributed by atoms with van der Waals surface area (Å²) in [5.41, 5.74) is 1.36. The van der Waals surface area contributed by atoms with Gasteiger partial charge in [-0.2, -0.15) is 4.68 Å². The first-order valence-electron chi connectivity index (χ1n) is 8.85. The SMILES string of the molecule is O=C(C(Sc1nnnn1-c1cccc(F)c1)c1ccccc1)N1CCOCC1. The molecule has 7 nitrogen and oxygen atoms in total. The number of nitrogens with zero attached hydrogens (tertiary/aromatic N) is 5. The monoisotopic (exact) mass is 399 g/mol. The van der Waals surface area contributed by atoms with Crippen LogP contribution in [0.5, 0.6) is 0 Å². The number of halogens is 1. The standard InChI is InChI=1S/C19H18FN5O2S/c20-15-7-4-8-16(13-15)25-19(21-22-23-25)28-17(14-5-2-1-3-6-14)18(26)24-9-11-27-12-10-24/h1-8,13,17H,9-12H2. The van der Waals surface area contributed by atoms with Crippen LogP contribution in [0, 0.1) is 5.82 Å². The zero-order chi connectivity index (χ0) is 19.3. The Bertz CT molecular complexity index is 946. The number of aromatic nitrogens is 4. The van der Waals surface area contributed by atoms with E-state index in [0.717, 1.165) is 5.56 Å². The molecule has 1 fully saturated rings. The van der Waals surface area contributed by atoms with Crippen LogP contribution in [-0.2, 0) is 9.53 Å². The summed E-state index contributed by atoms with van der Waals surface area (Å²) in [5.74, 6) is -0.402. The number of hydrogen-bond donors (Lipinski definition) is 0. The lowest BCUT2D eigenvalue weighted by atomic mass is 10.1. The summed E-state index contributed by atoms with van der Waals surface area (Å²) in [6, 6.07) is 15.5. The number of hydrogen-bond acceptors (Lipinski definition) is 6. The maximum Gasteiger partial charge on any atom is 0.240 e. The number of thioether (sulfide) groups is 1. The van der Waals surface area contributed by atoms with Crippen molar-refractivity contribution in [3.05, 3.63) is 66.0 Å². The van der Waals surface area contributed by atoms with Crippen molar-refractivity contribution in [3.8, 4) is 5.69 Å². The second-order valence-electron chi connectivity index (χ2n) is 6.20. The molecular formula is C19H18FN5O2S. The molecule has 0 aliphatic carbocycles. The largest absolute Gasteiger partial charge is 0.378 e. The van der Waals surface area contributed by atoms with E-state index in [9.17, 15) is 9.18 Å². The Hall–Kier alpha value is -2.78. The van der Waals surface area contributed by atoms with E-state index in [1.54, 1.807) is 17.0 Å². The Kier molecular flexibility index (Phi) is 5.63. The van der Waals surface area contributed by atoms with Crippen molar-refractivity contribution in [1.29, 1.82) is 0 Å². The van der Waals surface area contributed by atoms with Crippen LogP contribution in [-0.4, -0.2) is 57.3 Å². The quantitative estimate of drug-likeness (QED) is 0.614. The molecule has 2 heterocycles. The van der Waals surface area contributed by atoms with Gasteiger partial charge in [0.05, 0.1) is 18.9 Å². The van der Waals surface area contributed by atoms with E-state index in [2.05, 4.69) is 15.5 Å². The minimum Gasteiger partial charge on any atom is -0.378 e. The Morgan fingerprint density at radius 1 is 1.11 bits per heavy atom. The van der Waals surface area contributed by atoms with Crippen LogP contribution in [0.1, 0.15) is 10.8 Å². The lowest BCUT2D eigenvalue weighted by Gasteiger charge is -2.30. The first kappa shape index (κ1) is 18.6. The van der Waals surface area contributed by atoms with Crippen LogP contribution in [0.2, 0.25) is 0 Å². The highest BCUT2D eigenvalue weighted by Gasteiger charge is 2.30. The highest BCUT2D eigenvalue weighted by molar-refractivity contribution is 8.00. The minimum absolute atomic E-state index is 0.0201. The molecule has 9 heteroatoms. The fourth-order valence-corrected chi connectivity index (χ4v) is 4.05. The van der Waals surface area contributed by atoms with Crippen molar-refractivity contribution in [2.75, 3.05) is 26.3 Å². The van der Waals surface area contributed by atoms with Gasteiger partial charge in [0.2, 0.25) is 11.1 Å². The summed E-state index contributed by atoms with van der Waals surface area (Å²) in [7, 11) is 0. The van der Waals surface area contributed by atoms with E-state index in [0.29, 0.717) is 37.1 Å². The molecule has 1 aromatic heterocycles. The van der Waals surface area contributed by atoms with Gasteiger partial charge in [-0.05, 0) is 34.2 Å². The van der Waals surface area contributed by atoms with Gasteiger partial charge in [-0.15, -0.1) is 5.10 Å². The summed E-state index contributed by atoms with van der Waals surface area (Å²) >= 11 is 1.25. The molecule has 144 valence electrons. The Morgan fingerprint density at radius 2 is 1.89 bits per heavy atom. The molecule has 3 aromatic rings. The minimum atomic E-state index is -0.516. The van der Waals surface area contributed by atoms with Gasteiger partial charge in [-0.3, -0.25) is 4.79 Å². The summed E-state index contributed by atoms with van der Waals surface area (Å²) in [4.78, 5) is 15.0. The maximum absolute atomic E-state index is 13.6. The van der Waals surface area contributed by atoms with Gasteiger partial charge in [-0.25, -0.2) is 4.39 Å². The molecule has 1 atom stereocenters. The number of rotatable bonds is 5. The van der Waals surface area contributed by atoms with Crippen LogP contribution in [0.25, 0.3) is 5.69 Å². The Morgan fingerprint density at radius 3 is 2.64 bits per heavy atom. The zero-order valence-corrected chi connectivity index (χ0v) is 15.8. The van der Waals surface area contributed by atoms with Crippen molar-refractivity contribution >= 4 is 17.7 Å². The number of morpholine rings is 1. The lowest BCUT2D eigenvalue weighted by Crippen LogP contribution is -2.42. The fourth-order valence-electron chi connectivity index (χ4n) is 2.97. The smallest absolute Gasteiger partial charge is 0.240 e. The van der Waals surface area contributed by atoms with E-state index in [1.807, 2.05) is 30.3 Å². The van der Waals surface area contributed by atoms with Crippen LogP contribution in [0.4, 0.5) is 4.39 Å². The molecule has 1 unspecified atom stereocenters. The number of ether oxygens (including phenoxy) is 1. The highest BCUT2D eigenvalue weighted by atomic mass is 32.2. The van der Waals surface area contributed by atoms with Crippen molar-refractivity contribution in [3.63, 3.8) is 0 Å². The molecule has 0 bridgehead atoms. The Balaban J connectivity index is 1.65. The van der Waals surface area contributed by atoms with Crippen LogP contribution in [0.3, 0.4) is 0 Å². The van der Waals surface area contributed by atoms with Crippen molar-refractivity contribution in [1.82, 2.24) is 25.1 Å². The molecule has 0 saturated carbocycles. The first-order chi connectivity index (χ1) is 13.7. The van der Waals surface area contributed by atoms with Gasteiger partial charge in [0.25, 0.3) is 0 Å². The number of benzene rings is 2. The molecule has 4 rings (SSSR count). The number of carbonyl (C=O) groups is 1. The third-order valence-corrected chi connectivity index (χ3v) is 5.54. The van der Waals surface area contributed by atoms with Gasteiger partial charge in [0.15, 0.2) is 0 Å². The van der Waals surface area contributed by atoms with Gasteiger partial charge < -0.3 is 9.64 Å². The predicted octanol–water partition coefficient (Wildman–Crippen LogP) is 2.49. The van der Waals surface area contributed by atoms with E-state index in [1.165, 1.54) is 28.6 Å². The molecule has 28 heavy (non-hydrogen) atoms. The molecule has 0 spiro atoms. The molecule has 1 aliphatic heterocycles. The van der Waals surface area contributed by atoms with Gasteiger partial charge in [-0.1, -0.05) is 48.2 Å². The van der Waals surface area contributed by atoms with E-state index >= 15 is 0 Å². The number of carbonyl (C=O) groups excluding carboxylic acids is 1. The van der Waals surface area contributed by atoms with Crippen molar-refractivity contribution < 1.29 is 13.9 Å². The first-order valence-corrected chi connectivity index (χ1v) is 9.73. The second kappa shape index (κ2) is 8.49. The summed E-state index contributed by atoms with van der Waals surface area (Å²) in [5, 5.41) is 11.7. The maximum atomic E-state index is 13.6. The summed E-state index contributed by atoms with van der Waals surface area (Å²) in [6.07, 6.45) is 0. The predicted molar refractivity (Wildman–Crippen MR) is 102 cm³/mol. The average molecular weight is 399 g/mol. The third-order valence-electron chi connectivity index (χ3n) is 4.37. The van der Waals surface area contributed by atoms with Crippen LogP contribution < -0.4 is 0 Å². The normalized spacial score (nSPS) is 15.4. The molecule has 1 amide bonds. The van der Waals surface area contributed by atoms with Gasteiger partial charge >= 0.3 is 0 Å². The van der Waals surface area contributed by atoms with Crippen LogP contribution >= 0.6 is 11.8 Å². The topological polar surface area (TPSA) is 73.1 Å². The highest BCUT2D eigenvalue weighted by Crippen LogP contribution is 2.36. The Labute approximate surface area is 165 Å². The summed E-state index contributed by atoms with van der Waals surface area (Å²) in [6.45, 7) is 2.16. The van der Waals surface area contributed by atoms with E-state index < -0.39 is 5.25 Å². The van der Waals surface area contributed by atoms with E-state index in [4.69, 9.17) is 4.74 Å². The third kappa shape index (κ3) is 4.05. The molecule has 1 saturated heterocycles. The van der Waals surface area contributed by atoms with Crippen molar-refractivity contribution in [2.45, 2.75) is 10.4 Å². The van der Waals surface area contributed by atoms with Crippen LogP contribution in [0.15, 0.2) is 59.8 Å².